The molecule has 3 rings (SSSR count). The van der Waals surface area contributed by atoms with Gasteiger partial charge in [-0.05, 0) is 35.7 Å². The molecule has 0 aliphatic rings. The lowest BCUT2D eigenvalue weighted by Crippen LogP contribution is -2.28. The third kappa shape index (κ3) is 4.87. The Bertz CT molecular complexity index is 1000. The molecule has 6 heteroatoms. The van der Waals surface area contributed by atoms with E-state index in [4.69, 9.17) is 16.3 Å². The number of hydrogen-bond donors (Lipinski definition) is 1. The number of rotatable bonds is 6. The molecule has 1 heterocycles. The zero-order chi connectivity index (χ0) is 20.1. The highest BCUT2D eigenvalue weighted by atomic mass is 35.5. The second-order valence-electron chi connectivity index (χ2n) is 6.75. The minimum Gasteiger partial charge on any atom is -0.452 e. The van der Waals surface area contributed by atoms with Crippen molar-refractivity contribution in [2.24, 2.45) is 0 Å². The quantitative estimate of drug-likeness (QED) is 0.623. The zero-order valence-corrected chi connectivity index (χ0v) is 16.5. The van der Waals surface area contributed by atoms with Crippen LogP contribution in [0.25, 0.3) is 10.9 Å². The van der Waals surface area contributed by atoms with E-state index in [2.05, 4.69) is 10.3 Å². The number of benzene rings is 2. The van der Waals surface area contributed by atoms with Gasteiger partial charge in [-0.2, -0.15) is 0 Å². The van der Waals surface area contributed by atoms with Gasteiger partial charge in [-0.15, -0.1) is 0 Å². The first-order valence-electron chi connectivity index (χ1n) is 9.02. The fourth-order valence-corrected chi connectivity index (χ4v) is 2.85. The Morgan fingerprint density at radius 2 is 1.82 bits per heavy atom. The van der Waals surface area contributed by atoms with Crippen molar-refractivity contribution >= 4 is 34.4 Å². The number of carbonyl (C=O) groups is 2. The maximum absolute atomic E-state index is 12.6. The van der Waals surface area contributed by atoms with Crippen LogP contribution < -0.4 is 5.32 Å². The molecule has 0 aliphatic carbocycles. The number of hydrogen-bond acceptors (Lipinski definition) is 4. The Labute approximate surface area is 168 Å². The minimum atomic E-state index is -0.540. The van der Waals surface area contributed by atoms with Crippen LogP contribution in [0.4, 0.5) is 0 Å². The number of pyridine rings is 1. The maximum atomic E-state index is 12.6. The monoisotopic (exact) mass is 396 g/mol. The smallest absolute Gasteiger partial charge is 0.339 e. The van der Waals surface area contributed by atoms with Crippen LogP contribution in [0.5, 0.6) is 0 Å². The molecular formula is C22H21ClN2O3. The molecule has 0 saturated heterocycles. The Morgan fingerprint density at radius 1 is 1.11 bits per heavy atom. The first-order valence-corrected chi connectivity index (χ1v) is 9.40. The number of halogens is 1. The number of para-hydroxylation sites is 1. The number of fused-ring (bicyclic) bond motifs is 1. The molecule has 0 unspecified atom stereocenters. The van der Waals surface area contributed by atoms with Crippen LogP contribution in [0.15, 0.2) is 54.6 Å². The molecule has 0 fully saturated rings. The van der Waals surface area contributed by atoms with Crippen molar-refractivity contribution < 1.29 is 14.3 Å². The lowest BCUT2D eigenvalue weighted by molar-refractivity contribution is -0.124. The number of nitrogens with zero attached hydrogens (tertiary/aromatic N) is 1. The van der Waals surface area contributed by atoms with Gasteiger partial charge < -0.3 is 10.1 Å². The van der Waals surface area contributed by atoms with Crippen LogP contribution in [0.2, 0.25) is 5.02 Å². The summed E-state index contributed by atoms with van der Waals surface area (Å²) in [6.07, 6.45) is 0. The summed E-state index contributed by atoms with van der Waals surface area (Å²) < 4.78 is 5.24. The van der Waals surface area contributed by atoms with Crippen molar-refractivity contribution in [3.63, 3.8) is 0 Å². The Morgan fingerprint density at radius 3 is 2.54 bits per heavy atom. The van der Waals surface area contributed by atoms with E-state index >= 15 is 0 Å². The van der Waals surface area contributed by atoms with Gasteiger partial charge in [-0.3, -0.25) is 9.78 Å². The van der Waals surface area contributed by atoms with Crippen molar-refractivity contribution in [2.75, 3.05) is 6.61 Å². The van der Waals surface area contributed by atoms with Gasteiger partial charge in [0.15, 0.2) is 6.61 Å². The zero-order valence-electron chi connectivity index (χ0n) is 15.7. The highest BCUT2D eigenvalue weighted by Gasteiger charge is 2.16. The van der Waals surface area contributed by atoms with Crippen LogP contribution in [0, 0.1) is 0 Å². The number of amides is 1. The summed E-state index contributed by atoms with van der Waals surface area (Å²) in [5.74, 6) is -0.744. The lowest BCUT2D eigenvalue weighted by Gasteiger charge is -2.11. The van der Waals surface area contributed by atoms with E-state index < -0.39 is 5.97 Å². The van der Waals surface area contributed by atoms with Crippen LogP contribution in [-0.2, 0) is 16.1 Å². The fourth-order valence-electron chi connectivity index (χ4n) is 2.72. The molecule has 5 nitrogen and oxygen atoms in total. The molecular weight excluding hydrogens is 376 g/mol. The number of ether oxygens (including phenoxy) is 1. The SMILES string of the molecule is CC(C)c1cc(C(=O)OCC(=O)NCc2ccc(Cl)cc2)c2ccccc2n1. The standard InChI is InChI=1S/C22H21ClN2O3/c1-14(2)20-11-18(17-5-3-4-6-19(17)25-20)22(27)28-13-21(26)24-12-15-7-9-16(23)10-8-15/h3-11,14H,12-13H2,1-2H3,(H,24,26). The van der Waals surface area contributed by atoms with Crippen LogP contribution in [0.3, 0.4) is 0 Å². The van der Waals surface area contributed by atoms with E-state index in [9.17, 15) is 9.59 Å². The first-order chi connectivity index (χ1) is 13.4. The van der Waals surface area contributed by atoms with Crippen molar-refractivity contribution in [3.8, 4) is 0 Å². The van der Waals surface area contributed by atoms with E-state index in [1.54, 1.807) is 18.2 Å². The largest absolute Gasteiger partial charge is 0.452 e. The highest BCUT2D eigenvalue weighted by Crippen LogP contribution is 2.23. The maximum Gasteiger partial charge on any atom is 0.339 e. The number of esters is 1. The van der Waals surface area contributed by atoms with Crippen molar-refractivity contribution in [2.45, 2.75) is 26.3 Å². The normalized spacial score (nSPS) is 10.9. The Kier molecular flexibility index (Phi) is 6.26. The molecule has 3 aromatic rings. The molecule has 0 spiro atoms. The van der Waals surface area contributed by atoms with E-state index in [1.807, 2.05) is 50.2 Å². The molecule has 1 N–H and O–H groups in total. The molecule has 28 heavy (non-hydrogen) atoms. The molecule has 0 aliphatic heterocycles. The molecule has 0 atom stereocenters. The molecule has 2 aromatic carbocycles. The van der Waals surface area contributed by atoms with Crippen LogP contribution in [-0.4, -0.2) is 23.5 Å². The van der Waals surface area contributed by atoms with Gasteiger partial charge in [0, 0.05) is 22.6 Å². The van der Waals surface area contributed by atoms with Gasteiger partial charge in [0.25, 0.3) is 5.91 Å². The minimum absolute atomic E-state index is 0.166. The average Bonchev–Trinajstić information content (AvgIpc) is 2.70. The summed E-state index contributed by atoms with van der Waals surface area (Å²) in [5.41, 5.74) is 2.86. The molecule has 144 valence electrons. The van der Waals surface area contributed by atoms with Crippen LogP contribution >= 0.6 is 11.6 Å². The summed E-state index contributed by atoms with van der Waals surface area (Å²) >= 11 is 5.84. The van der Waals surface area contributed by atoms with E-state index in [0.29, 0.717) is 22.5 Å². The fraction of sp³-hybridized carbons (Fsp3) is 0.227. The molecule has 0 radical (unpaired) electrons. The predicted octanol–water partition coefficient (Wildman–Crippen LogP) is 4.48. The van der Waals surface area contributed by atoms with Crippen LogP contribution in [0.1, 0.15) is 41.4 Å². The molecule has 0 bridgehead atoms. The predicted molar refractivity (Wildman–Crippen MR) is 109 cm³/mol. The average molecular weight is 397 g/mol. The first kappa shape index (κ1) is 19.8. The van der Waals surface area contributed by atoms with Gasteiger partial charge >= 0.3 is 5.97 Å². The van der Waals surface area contributed by atoms with Gasteiger partial charge in [-0.1, -0.05) is 55.8 Å². The second-order valence-corrected chi connectivity index (χ2v) is 7.18. The molecule has 1 amide bonds. The highest BCUT2D eigenvalue weighted by molar-refractivity contribution is 6.30. The van der Waals surface area contributed by atoms with E-state index in [1.165, 1.54) is 0 Å². The summed E-state index contributed by atoms with van der Waals surface area (Å²) in [4.78, 5) is 29.2. The summed E-state index contributed by atoms with van der Waals surface area (Å²) in [5, 5.41) is 4.06. The second kappa shape index (κ2) is 8.85. The summed E-state index contributed by atoms with van der Waals surface area (Å²) in [7, 11) is 0. The topological polar surface area (TPSA) is 68.3 Å². The van der Waals surface area contributed by atoms with E-state index in [0.717, 1.165) is 16.8 Å². The van der Waals surface area contributed by atoms with Gasteiger partial charge in [0.1, 0.15) is 0 Å². The summed E-state index contributed by atoms with van der Waals surface area (Å²) in [6, 6.07) is 16.3. The van der Waals surface area contributed by atoms with Crippen molar-refractivity contribution in [1.29, 1.82) is 0 Å². The van der Waals surface area contributed by atoms with Gasteiger partial charge in [0.2, 0.25) is 0 Å². The third-order valence-electron chi connectivity index (χ3n) is 4.28. The summed E-state index contributed by atoms with van der Waals surface area (Å²) in [6.45, 7) is 4.01. The number of aromatic nitrogens is 1. The lowest BCUT2D eigenvalue weighted by atomic mass is 10.0. The van der Waals surface area contributed by atoms with E-state index in [-0.39, 0.29) is 18.4 Å². The third-order valence-corrected chi connectivity index (χ3v) is 4.54. The Balaban J connectivity index is 1.65. The van der Waals surface area contributed by atoms with Gasteiger partial charge in [0.05, 0.1) is 11.1 Å². The molecule has 0 saturated carbocycles. The Hall–Kier alpha value is -2.92. The van der Waals surface area contributed by atoms with Crippen molar-refractivity contribution in [1.82, 2.24) is 10.3 Å². The number of nitrogens with one attached hydrogen (secondary N) is 1. The molecule has 1 aromatic heterocycles. The number of carbonyl (C=O) groups excluding carboxylic acids is 2. The van der Waals surface area contributed by atoms with Crippen molar-refractivity contribution in [3.05, 3.63) is 76.4 Å². The van der Waals surface area contributed by atoms with Gasteiger partial charge in [-0.25, -0.2) is 4.79 Å².